The lowest BCUT2D eigenvalue weighted by atomic mass is 9.77. The smallest absolute Gasteiger partial charge is 0.0580 e. The van der Waals surface area contributed by atoms with Crippen molar-refractivity contribution >= 4 is 0 Å². The maximum absolute atomic E-state index is 10.2. The predicted molar refractivity (Wildman–Crippen MR) is 74.5 cm³/mol. The highest BCUT2D eigenvalue weighted by molar-refractivity contribution is 4.89. The van der Waals surface area contributed by atoms with Gasteiger partial charge in [-0.05, 0) is 56.9 Å². The summed E-state index contributed by atoms with van der Waals surface area (Å²) >= 11 is 0. The van der Waals surface area contributed by atoms with E-state index in [9.17, 15) is 5.11 Å². The molecule has 0 bridgehead atoms. The highest BCUT2D eigenvalue weighted by Crippen LogP contribution is 2.36. The minimum Gasteiger partial charge on any atom is -0.393 e. The zero-order valence-electron chi connectivity index (χ0n) is 11.7. The summed E-state index contributed by atoms with van der Waals surface area (Å²) in [5.74, 6) is 1.55. The SMILES string of the molecule is OC1CCCCC1CN1CCCC2CCCCC21. The van der Waals surface area contributed by atoms with E-state index >= 15 is 0 Å². The van der Waals surface area contributed by atoms with E-state index in [0.717, 1.165) is 18.4 Å². The molecule has 0 aromatic heterocycles. The molecule has 1 aliphatic heterocycles. The molecule has 0 amide bonds. The third kappa shape index (κ3) is 2.75. The third-order valence-corrected chi connectivity index (χ3v) is 5.70. The first-order valence-electron chi connectivity index (χ1n) is 8.27. The number of fused-ring (bicyclic) bond motifs is 1. The molecular formula is C16H29NO. The molecule has 2 aliphatic carbocycles. The molecule has 0 spiro atoms. The lowest BCUT2D eigenvalue weighted by Crippen LogP contribution is -2.50. The number of aliphatic hydroxyl groups is 1. The lowest BCUT2D eigenvalue weighted by molar-refractivity contribution is 0.00207. The van der Waals surface area contributed by atoms with Crippen molar-refractivity contribution in [2.45, 2.75) is 76.4 Å². The van der Waals surface area contributed by atoms with Gasteiger partial charge in [-0.3, -0.25) is 4.90 Å². The van der Waals surface area contributed by atoms with Gasteiger partial charge < -0.3 is 5.11 Å². The van der Waals surface area contributed by atoms with E-state index in [0.29, 0.717) is 5.92 Å². The molecular weight excluding hydrogens is 222 g/mol. The minimum atomic E-state index is -0.0114. The van der Waals surface area contributed by atoms with E-state index in [2.05, 4.69) is 4.90 Å². The Morgan fingerprint density at radius 3 is 2.44 bits per heavy atom. The summed E-state index contributed by atoms with van der Waals surface area (Å²) in [6.45, 7) is 2.48. The van der Waals surface area contributed by atoms with Crippen LogP contribution in [-0.2, 0) is 0 Å². The summed E-state index contributed by atoms with van der Waals surface area (Å²) in [7, 11) is 0. The normalized spacial score (nSPS) is 42.5. The van der Waals surface area contributed by atoms with Crippen molar-refractivity contribution < 1.29 is 5.11 Å². The van der Waals surface area contributed by atoms with E-state index in [-0.39, 0.29) is 6.10 Å². The summed E-state index contributed by atoms with van der Waals surface area (Å²) in [6, 6.07) is 0.863. The Bertz CT molecular complexity index is 266. The van der Waals surface area contributed by atoms with Crippen molar-refractivity contribution in [1.29, 1.82) is 0 Å². The molecule has 4 atom stereocenters. The predicted octanol–water partition coefficient (Wildman–Crippen LogP) is 3.19. The Morgan fingerprint density at radius 1 is 0.833 bits per heavy atom. The van der Waals surface area contributed by atoms with Gasteiger partial charge in [0.1, 0.15) is 0 Å². The molecule has 1 heterocycles. The molecule has 3 rings (SSSR count). The first-order chi connectivity index (χ1) is 8.84. The van der Waals surface area contributed by atoms with Crippen LogP contribution in [0.4, 0.5) is 0 Å². The van der Waals surface area contributed by atoms with Crippen molar-refractivity contribution in [2.75, 3.05) is 13.1 Å². The van der Waals surface area contributed by atoms with Crippen LogP contribution in [-0.4, -0.2) is 35.2 Å². The molecule has 1 saturated heterocycles. The van der Waals surface area contributed by atoms with Crippen molar-refractivity contribution in [1.82, 2.24) is 4.90 Å². The van der Waals surface area contributed by atoms with Crippen molar-refractivity contribution in [3.05, 3.63) is 0 Å². The fourth-order valence-corrected chi connectivity index (χ4v) is 4.66. The van der Waals surface area contributed by atoms with Gasteiger partial charge in [-0.1, -0.05) is 25.7 Å². The summed E-state index contributed by atoms with van der Waals surface area (Å²) in [5.41, 5.74) is 0. The largest absolute Gasteiger partial charge is 0.393 e. The number of likely N-dealkylation sites (tertiary alicyclic amines) is 1. The van der Waals surface area contributed by atoms with Crippen LogP contribution in [0.25, 0.3) is 0 Å². The number of rotatable bonds is 2. The van der Waals surface area contributed by atoms with Crippen LogP contribution >= 0.6 is 0 Å². The van der Waals surface area contributed by atoms with Crippen LogP contribution < -0.4 is 0 Å². The average molecular weight is 251 g/mol. The van der Waals surface area contributed by atoms with Crippen LogP contribution in [0, 0.1) is 11.8 Å². The lowest BCUT2D eigenvalue weighted by Gasteiger charge is -2.46. The van der Waals surface area contributed by atoms with E-state index < -0.39 is 0 Å². The Labute approximate surface area is 112 Å². The van der Waals surface area contributed by atoms with Gasteiger partial charge in [0.05, 0.1) is 6.10 Å². The maximum Gasteiger partial charge on any atom is 0.0580 e. The first kappa shape index (κ1) is 12.9. The Balaban J connectivity index is 1.60. The standard InChI is InChI=1S/C16H29NO/c18-16-10-4-2-7-14(16)12-17-11-5-8-13-6-1-3-9-15(13)17/h13-16,18H,1-12H2. The molecule has 104 valence electrons. The number of aliphatic hydroxyl groups excluding tert-OH is 1. The molecule has 4 unspecified atom stereocenters. The van der Waals surface area contributed by atoms with Gasteiger partial charge in [0.25, 0.3) is 0 Å². The van der Waals surface area contributed by atoms with E-state index in [1.807, 2.05) is 0 Å². The monoisotopic (exact) mass is 251 g/mol. The molecule has 3 fully saturated rings. The second-order valence-corrected chi connectivity index (χ2v) is 6.86. The van der Waals surface area contributed by atoms with Gasteiger partial charge in [-0.2, -0.15) is 0 Å². The number of hydrogen-bond acceptors (Lipinski definition) is 2. The summed E-state index contributed by atoms with van der Waals surface area (Å²) in [4.78, 5) is 2.76. The zero-order valence-corrected chi connectivity index (χ0v) is 11.7. The summed E-state index contributed by atoms with van der Waals surface area (Å²) in [6.07, 6.45) is 13.5. The van der Waals surface area contributed by atoms with Gasteiger partial charge in [0.15, 0.2) is 0 Å². The summed E-state index contributed by atoms with van der Waals surface area (Å²) < 4.78 is 0. The molecule has 0 radical (unpaired) electrons. The van der Waals surface area contributed by atoms with Gasteiger partial charge in [-0.25, -0.2) is 0 Å². The fraction of sp³-hybridized carbons (Fsp3) is 1.00. The molecule has 2 saturated carbocycles. The van der Waals surface area contributed by atoms with Crippen molar-refractivity contribution in [3.63, 3.8) is 0 Å². The van der Waals surface area contributed by atoms with Crippen LogP contribution in [0.2, 0.25) is 0 Å². The van der Waals surface area contributed by atoms with E-state index in [1.165, 1.54) is 70.9 Å². The van der Waals surface area contributed by atoms with Gasteiger partial charge in [0.2, 0.25) is 0 Å². The average Bonchev–Trinajstić information content (AvgIpc) is 2.42. The fourth-order valence-electron chi connectivity index (χ4n) is 4.66. The second kappa shape index (κ2) is 5.92. The van der Waals surface area contributed by atoms with Crippen molar-refractivity contribution in [3.8, 4) is 0 Å². The molecule has 18 heavy (non-hydrogen) atoms. The Morgan fingerprint density at radius 2 is 1.56 bits per heavy atom. The highest BCUT2D eigenvalue weighted by atomic mass is 16.3. The zero-order chi connectivity index (χ0) is 12.4. The molecule has 0 aromatic rings. The molecule has 3 aliphatic rings. The molecule has 0 aromatic carbocycles. The molecule has 1 N–H and O–H groups in total. The Hall–Kier alpha value is -0.0800. The van der Waals surface area contributed by atoms with E-state index in [4.69, 9.17) is 0 Å². The highest BCUT2D eigenvalue weighted by Gasteiger charge is 2.35. The maximum atomic E-state index is 10.2. The third-order valence-electron chi connectivity index (χ3n) is 5.70. The van der Waals surface area contributed by atoms with Gasteiger partial charge >= 0.3 is 0 Å². The van der Waals surface area contributed by atoms with Crippen LogP contribution in [0.5, 0.6) is 0 Å². The van der Waals surface area contributed by atoms with Crippen LogP contribution in [0.3, 0.4) is 0 Å². The number of nitrogens with zero attached hydrogens (tertiary/aromatic N) is 1. The van der Waals surface area contributed by atoms with Gasteiger partial charge in [-0.15, -0.1) is 0 Å². The molecule has 2 nitrogen and oxygen atoms in total. The second-order valence-electron chi connectivity index (χ2n) is 6.86. The number of piperidine rings is 1. The Kier molecular flexibility index (Phi) is 4.25. The first-order valence-corrected chi connectivity index (χ1v) is 8.27. The van der Waals surface area contributed by atoms with E-state index in [1.54, 1.807) is 0 Å². The summed E-state index contributed by atoms with van der Waals surface area (Å²) in [5, 5.41) is 10.2. The van der Waals surface area contributed by atoms with Crippen LogP contribution in [0.15, 0.2) is 0 Å². The van der Waals surface area contributed by atoms with Crippen LogP contribution in [0.1, 0.15) is 64.2 Å². The molecule has 2 heteroatoms. The topological polar surface area (TPSA) is 23.5 Å². The minimum absolute atomic E-state index is 0.0114. The quantitative estimate of drug-likeness (QED) is 0.814. The van der Waals surface area contributed by atoms with Crippen molar-refractivity contribution in [2.24, 2.45) is 11.8 Å². The van der Waals surface area contributed by atoms with Gasteiger partial charge in [0, 0.05) is 12.6 Å². The number of hydrogen-bond donors (Lipinski definition) is 1.